The number of pyridine rings is 1. The van der Waals surface area contributed by atoms with Crippen molar-refractivity contribution in [2.24, 2.45) is 0 Å². The van der Waals surface area contributed by atoms with Gasteiger partial charge in [0.25, 0.3) is 0 Å². The fourth-order valence-electron chi connectivity index (χ4n) is 3.00. The van der Waals surface area contributed by atoms with E-state index in [1.165, 1.54) is 0 Å². The zero-order valence-corrected chi connectivity index (χ0v) is 17.5. The Hall–Kier alpha value is -2.60. The van der Waals surface area contributed by atoms with Crippen LogP contribution in [-0.2, 0) is 4.74 Å². The van der Waals surface area contributed by atoms with Gasteiger partial charge < -0.3 is 14.8 Å². The van der Waals surface area contributed by atoms with Gasteiger partial charge in [-0.15, -0.1) is 17.0 Å². The summed E-state index contributed by atoms with van der Waals surface area (Å²) in [4.78, 5) is 16.9. The number of hydrogen-bond donors (Lipinski definition) is 1. The summed E-state index contributed by atoms with van der Waals surface area (Å²) >= 11 is 0. The van der Waals surface area contributed by atoms with E-state index < -0.39 is 5.97 Å². The highest BCUT2D eigenvalue weighted by Gasteiger charge is 2.19. The predicted molar refractivity (Wildman–Crippen MR) is 114 cm³/mol. The van der Waals surface area contributed by atoms with Crippen molar-refractivity contribution < 1.29 is 14.3 Å². The van der Waals surface area contributed by atoms with Crippen LogP contribution in [0.3, 0.4) is 0 Å². The molecule has 3 rings (SSSR count). The summed E-state index contributed by atoms with van der Waals surface area (Å²) in [5.74, 6) is 0.251. The van der Waals surface area contributed by atoms with E-state index in [1.807, 2.05) is 50.2 Å². The number of aromatic nitrogens is 1. The van der Waals surface area contributed by atoms with Crippen molar-refractivity contribution in [3.05, 3.63) is 59.3 Å². The molecular weight excluding hydrogens is 408 g/mol. The summed E-state index contributed by atoms with van der Waals surface area (Å²) in [5.41, 5.74) is 4.91. The summed E-state index contributed by atoms with van der Waals surface area (Å²) in [7, 11) is 1.61. The Morgan fingerprint density at radius 3 is 2.37 bits per heavy atom. The van der Waals surface area contributed by atoms with E-state index in [4.69, 9.17) is 9.47 Å². The van der Waals surface area contributed by atoms with Crippen LogP contribution >= 0.6 is 17.0 Å². The van der Waals surface area contributed by atoms with Gasteiger partial charge in [-0.25, -0.2) is 4.79 Å². The first-order valence-electron chi connectivity index (χ1n) is 8.52. The van der Waals surface area contributed by atoms with E-state index in [9.17, 15) is 4.79 Å². The number of ether oxygens (including phenoxy) is 2. The molecule has 2 aromatic carbocycles. The highest BCUT2D eigenvalue weighted by molar-refractivity contribution is 8.93. The molecular formula is C21H23BrN2O3. The van der Waals surface area contributed by atoms with E-state index in [1.54, 1.807) is 20.2 Å². The normalized spacial score (nSPS) is 10.2. The summed E-state index contributed by atoms with van der Waals surface area (Å²) in [5, 5.41) is 4.25. The van der Waals surface area contributed by atoms with Crippen molar-refractivity contribution >= 4 is 45.2 Å². The molecule has 3 aromatic rings. The molecule has 6 heteroatoms. The van der Waals surface area contributed by atoms with Crippen molar-refractivity contribution in [1.82, 2.24) is 4.98 Å². The van der Waals surface area contributed by atoms with Gasteiger partial charge >= 0.3 is 5.97 Å². The number of methoxy groups -OCH3 is 1. The number of esters is 1. The number of para-hydroxylation sites is 2. The van der Waals surface area contributed by atoms with Crippen LogP contribution in [0.4, 0.5) is 11.4 Å². The lowest BCUT2D eigenvalue weighted by Gasteiger charge is -2.18. The smallest absolute Gasteiger partial charge is 0.341 e. The monoisotopic (exact) mass is 430 g/mol. The third-order valence-electron chi connectivity index (χ3n) is 4.31. The van der Waals surface area contributed by atoms with Gasteiger partial charge in [-0.2, -0.15) is 0 Å². The molecule has 0 bridgehead atoms. The van der Waals surface area contributed by atoms with Crippen LogP contribution in [-0.4, -0.2) is 24.7 Å². The molecule has 1 heterocycles. The zero-order valence-electron chi connectivity index (χ0n) is 15.8. The molecule has 0 unspecified atom stereocenters. The summed E-state index contributed by atoms with van der Waals surface area (Å²) in [6.07, 6.45) is 1.54. The Morgan fingerprint density at radius 1 is 1.07 bits per heavy atom. The van der Waals surface area contributed by atoms with Crippen LogP contribution in [0.2, 0.25) is 0 Å². The van der Waals surface area contributed by atoms with E-state index in [2.05, 4.69) is 10.3 Å². The molecule has 0 aliphatic rings. The van der Waals surface area contributed by atoms with Gasteiger partial charge in [0.2, 0.25) is 0 Å². The quantitative estimate of drug-likeness (QED) is 0.552. The largest absolute Gasteiger partial charge is 0.494 e. The first-order chi connectivity index (χ1) is 12.6. The lowest BCUT2D eigenvalue weighted by Crippen LogP contribution is -2.10. The third kappa shape index (κ3) is 4.06. The van der Waals surface area contributed by atoms with Crippen molar-refractivity contribution in [2.75, 3.05) is 19.0 Å². The molecule has 0 aliphatic heterocycles. The number of rotatable bonds is 5. The minimum Gasteiger partial charge on any atom is -0.494 e. The second-order valence-electron chi connectivity index (χ2n) is 6.02. The molecule has 27 heavy (non-hydrogen) atoms. The summed E-state index contributed by atoms with van der Waals surface area (Å²) in [6.45, 7) is 6.15. The van der Waals surface area contributed by atoms with Gasteiger partial charge in [0.05, 0.1) is 19.4 Å². The Kier molecular flexibility index (Phi) is 6.80. The maximum atomic E-state index is 12.5. The molecule has 142 valence electrons. The molecule has 0 radical (unpaired) electrons. The minimum atomic E-state index is -0.404. The van der Waals surface area contributed by atoms with Crippen LogP contribution < -0.4 is 10.1 Å². The first-order valence-corrected chi connectivity index (χ1v) is 8.52. The summed E-state index contributed by atoms with van der Waals surface area (Å²) < 4.78 is 10.6. The highest BCUT2D eigenvalue weighted by Crippen LogP contribution is 2.35. The fraction of sp³-hybridized carbons (Fsp3) is 0.238. The number of anilines is 2. The van der Waals surface area contributed by atoms with Gasteiger partial charge in [-0.3, -0.25) is 4.98 Å². The molecule has 0 saturated heterocycles. The lowest BCUT2D eigenvalue weighted by atomic mass is 10.1. The number of carbonyl (C=O) groups is 1. The molecule has 0 amide bonds. The number of aryl methyl sites for hydroxylation is 2. The van der Waals surface area contributed by atoms with E-state index in [-0.39, 0.29) is 17.0 Å². The number of benzene rings is 2. The first kappa shape index (κ1) is 20.7. The van der Waals surface area contributed by atoms with Crippen LogP contribution in [0, 0.1) is 13.8 Å². The maximum absolute atomic E-state index is 12.5. The molecule has 0 spiro atoms. The SMILES string of the molecule is Br.CCOC(=O)c1cnc2c(OC)cccc2c1Nc1c(C)cccc1C. The van der Waals surface area contributed by atoms with Crippen molar-refractivity contribution in [1.29, 1.82) is 0 Å². The van der Waals surface area contributed by atoms with Crippen LogP contribution in [0.5, 0.6) is 5.75 Å². The number of carbonyl (C=O) groups excluding carboxylic acids is 1. The topological polar surface area (TPSA) is 60.5 Å². The zero-order chi connectivity index (χ0) is 18.7. The van der Waals surface area contributed by atoms with Crippen LogP contribution in [0.15, 0.2) is 42.6 Å². The van der Waals surface area contributed by atoms with Gasteiger partial charge in [-0.1, -0.05) is 30.3 Å². The Morgan fingerprint density at radius 2 is 1.74 bits per heavy atom. The Labute approximate surface area is 169 Å². The fourth-order valence-corrected chi connectivity index (χ4v) is 3.00. The van der Waals surface area contributed by atoms with Crippen LogP contribution in [0.1, 0.15) is 28.4 Å². The van der Waals surface area contributed by atoms with Gasteiger partial charge in [0.1, 0.15) is 16.8 Å². The van der Waals surface area contributed by atoms with Crippen molar-refractivity contribution in [3.63, 3.8) is 0 Å². The molecule has 0 fully saturated rings. The van der Waals surface area contributed by atoms with Gasteiger partial charge in [0.15, 0.2) is 0 Å². The third-order valence-corrected chi connectivity index (χ3v) is 4.31. The maximum Gasteiger partial charge on any atom is 0.341 e. The van der Waals surface area contributed by atoms with Crippen molar-refractivity contribution in [2.45, 2.75) is 20.8 Å². The number of hydrogen-bond acceptors (Lipinski definition) is 5. The van der Waals surface area contributed by atoms with Gasteiger partial charge in [0, 0.05) is 17.3 Å². The van der Waals surface area contributed by atoms with E-state index >= 15 is 0 Å². The highest BCUT2D eigenvalue weighted by atomic mass is 79.9. The minimum absolute atomic E-state index is 0. The predicted octanol–water partition coefficient (Wildman–Crippen LogP) is 5.36. The van der Waals surface area contributed by atoms with Crippen molar-refractivity contribution in [3.8, 4) is 5.75 Å². The second-order valence-corrected chi connectivity index (χ2v) is 6.02. The average Bonchev–Trinajstić information content (AvgIpc) is 2.64. The molecule has 0 aliphatic carbocycles. The molecule has 1 aromatic heterocycles. The standard InChI is InChI=1S/C21H22N2O3.BrH/c1-5-26-21(24)16-12-22-20-15(10-7-11-17(20)25-4)19(16)23-18-13(2)8-6-9-14(18)3;/h6-12H,5H2,1-4H3,(H,22,23);1H. The number of nitrogens with zero attached hydrogens (tertiary/aromatic N) is 1. The molecule has 5 nitrogen and oxygen atoms in total. The molecule has 0 saturated carbocycles. The van der Waals surface area contributed by atoms with Crippen LogP contribution in [0.25, 0.3) is 10.9 Å². The Balaban J connectivity index is 0.00000261. The van der Waals surface area contributed by atoms with Gasteiger partial charge in [-0.05, 0) is 38.0 Å². The number of nitrogens with one attached hydrogen (secondary N) is 1. The summed E-state index contributed by atoms with van der Waals surface area (Å²) in [6, 6.07) is 11.7. The molecule has 0 atom stereocenters. The molecule has 1 N–H and O–H groups in total. The number of fused-ring (bicyclic) bond motifs is 1. The second kappa shape index (κ2) is 8.86. The van der Waals surface area contributed by atoms with E-state index in [0.717, 1.165) is 22.2 Å². The Bertz CT molecular complexity index is 953. The number of halogens is 1. The lowest BCUT2D eigenvalue weighted by molar-refractivity contribution is 0.0527. The average molecular weight is 431 g/mol. The van der Waals surface area contributed by atoms with E-state index in [0.29, 0.717) is 29.1 Å².